The van der Waals surface area contributed by atoms with Crippen molar-refractivity contribution in [2.75, 3.05) is 12.4 Å². The Morgan fingerprint density at radius 3 is 1.81 bits per heavy atom. The minimum atomic E-state index is 0.329. The Morgan fingerprint density at radius 2 is 1.44 bits per heavy atom. The third kappa shape index (κ3) is 4.51. The van der Waals surface area contributed by atoms with Crippen LogP contribution >= 0.6 is 0 Å². The van der Waals surface area contributed by atoms with E-state index in [9.17, 15) is 0 Å². The van der Waals surface area contributed by atoms with Crippen LogP contribution in [0.3, 0.4) is 0 Å². The fourth-order valence-corrected chi connectivity index (χ4v) is 1.15. The fourth-order valence-electron chi connectivity index (χ4n) is 1.15. The van der Waals surface area contributed by atoms with Gasteiger partial charge in [0.1, 0.15) is 5.75 Å². The van der Waals surface area contributed by atoms with Gasteiger partial charge in [-0.25, -0.2) is 0 Å². The molecule has 0 aromatic heterocycles. The maximum absolute atomic E-state index is 8.76. The average molecular weight is 215 g/mol. The summed E-state index contributed by atoms with van der Waals surface area (Å²) >= 11 is 0. The van der Waals surface area contributed by atoms with Crippen LogP contribution in [0.5, 0.6) is 5.75 Å². The van der Waals surface area contributed by atoms with Gasteiger partial charge in [0.25, 0.3) is 0 Å². The van der Waals surface area contributed by atoms with Crippen molar-refractivity contribution in [3.63, 3.8) is 0 Å². The van der Waals surface area contributed by atoms with Gasteiger partial charge < -0.3 is 10.4 Å². The highest BCUT2D eigenvalue weighted by Crippen LogP contribution is 2.07. The molecular formula is C14H17NO. The van der Waals surface area contributed by atoms with Crippen LogP contribution in [0.4, 0.5) is 5.69 Å². The Bertz CT molecular complexity index is 374. The number of anilines is 1. The molecular weight excluding hydrogens is 198 g/mol. The number of para-hydroxylation sites is 1. The van der Waals surface area contributed by atoms with E-state index in [1.807, 2.05) is 56.4 Å². The predicted molar refractivity (Wildman–Crippen MR) is 68.8 cm³/mol. The Hall–Kier alpha value is -1.96. The molecule has 0 atom stereocenters. The molecule has 84 valence electrons. The number of benzene rings is 2. The Kier molecular flexibility index (Phi) is 4.93. The third-order valence-corrected chi connectivity index (χ3v) is 2.10. The fraction of sp³-hybridized carbons (Fsp3) is 0.143. The van der Waals surface area contributed by atoms with E-state index in [1.54, 1.807) is 12.1 Å². The molecule has 2 aromatic carbocycles. The molecule has 0 fully saturated rings. The summed E-state index contributed by atoms with van der Waals surface area (Å²) in [5.41, 5.74) is 2.33. The zero-order chi connectivity index (χ0) is 11.8. The molecule has 0 aliphatic rings. The number of hydrogen-bond acceptors (Lipinski definition) is 2. The van der Waals surface area contributed by atoms with Crippen molar-refractivity contribution < 1.29 is 5.11 Å². The molecule has 0 aliphatic heterocycles. The first-order chi connectivity index (χ1) is 7.72. The lowest BCUT2D eigenvalue weighted by Gasteiger charge is -1.94. The van der Waals surface area contributed by atoms with Crippen LogP contribution in [-0.4, -0.2) is 12.2 Å². The maximum atomic E-state index is 8.76. The van der Waals surface area contributed by atoms with Gasteiger partial charge in [-0.05, 0) is 31.2 Å². The first-order valence-electron chi connectivity index (χ1n) is 5.21. The highest BCUT2D eigenvalue weighted by molar-refractivity contribution is 5.41. The number of aryl methyl sites for hydroxylation is 1. The molecule has 2 N–H and O–H groups in total. The van der Waals surface area contributed by atoms with Gasteiger partial charge in [0.15, 0.2) is 0 Å². The molecule has 0 aliphatic carbocycles. The van der Waals surface area contributed by atoms with Gasteiger partial charge in [0, 0.05) is 12.7 Å². The molecule has 0 amide bonds. The Balaban J connectivity index is 0.000000160. The quantitative estimate of drug-likeness (QED) is 0.763. The number of aromatic hydroxyl groups is 1. The largest absolute Gasteiger partial charge is 0.508 e. The molecule has 16 heavy (non-hydrogen) atoms. The molecule has 0 bridgehead atoms. The minimum Gasteiger partial charge on any atom is -0.508 e. The molecule has 0 saturated carbocycles. The molecule has 0 unspecified atom stereocenters. The summed E-state index contributed by atoms with van der Waals surface area (Å²) in [4.78, 5) is 0. The van der Waals surface area contributed by atoms with Crippen molar-refractivity contribution in [1.29, 1.82) is 0 Å². The van der Waals surface area contributed by atoms with Crippen LogP contribution in [0.1, 0.15) is 5.56 Å². The van der Waals surface area contributed by atoms with Gasteiger partial charge in [-0.3, -0.25) is 0 Å². The predicted octanol–water partition coefficient (Wildman–Crippen LogP) is 3.43. The number of nitrogens with one attached hydrogen (secondary N) is 1. The summed E-state index contributed by atoms with van der Waals surface area (Å²) in [7, 11) is 1.91. The second kappa shape index (κ2) is 6.51. The molecule has 2 aromatic rings. The second-order valence-electron chi connectivity index (χ2n) is 3.45. The lowest BCUT2D eigenvalue weighted by atomic mass is 10.2. The van der Waals surface area contributed by atoms with E-state index in [-0.39, 0.29) is 0 Å². The van der Waals surface area contributed by atoms with E-state index in [4.69, 9.17) is 5.11 Å². The van der Waals surface area contributed by atoms with Gasteiger partial charge in [-0.15, -0.1) is 0 Å². The summed E-state index contributed by atoms with van der Waals surface area (Å²) in [5.74, 6) is 0.329. The standard InChI is InChI=1S/C7H9N.C7H8O/c1-8-7-5-3-2-4-6-7;1-6-2-4-7(8)5-3-6/h2-6,8H,1H3;2-5,8H,1H3. The van der Waals surface area contributed by atoms with Crippen molar-refractivity contribution in [1.82, 2.24) is 0 Å². The van der Waals surface area contributed by atoms with Gasteiger partial charge in [0.2, 0.25) is 0 Å². The lowest BCUT2D eigenvalue weighted by Crippen LogP contribution is -1.84. The summed E-state index contributed by atoms with van der Waals surface area (Å²) in [6.45, 7) is 1.99. The first-order valence-corrected chi connectivity index (χ1v) is 5.21. The number of phenols is 1. The molecule has 0 heterocycles. The topological polar surface area (TPSA) is 32.3 Å². The summed E-state index contributed by atoms with van der Waals surface area (Å²) in [6, 6.07) is 17.2. The summed E-state index contributed by atoms with van der Waals surface area (Å²) < 4.78 is 0. The summed E-state index contributed by atoms with van der Waals surface area (Å²) in [5, 5.41) is 11.8. The molecule has 0 spiro atoms. The van der Waals surface area contributed by atoms with Crippen molar-refractivity contribution in [3.05, 3.63) is 60.2 Å². The number of rotatable bonds is 1. The summed E-state index contributed by atoms with van der Waals surface area (Å²) in [6.07, 6.45) is 0. The molecule has 2 nitrogen and oxygen atoms in total. The molecule has 0 saturated heterocycles. The molecule has 2 heteroatoms. The monoisotopic (exact) mass is 215 g/mol. The average Bonchev–Trinajstić information content (AvgIpc) is 2.35. The van der Waals surface area contributed by atoms with E-state index < -0.39 is 0 Å². The Labute approximate surface area is 96.6 Å². The van der Waals surface area contributed by atoms with E-state index in [1.165, 1.54) is 5.56 Å². The van der Waals surface area contributed by atoms with Gasteiger partial charge >= 0.3 is 0 Å². The van der Waals surface area contributed by atoms with Crippen molar-refractivity contribution in [2.45, 2.75) is 6.92 Å². The SMILES string of the molecule is CNc1ccccc1.Cc1ccc(O)cc1. The van der Waals surface area contributed by atoms with E-state index in [0.29, 0.717) is 5.75 Å². The van der Waals surface area contributed by atoms with E-state index in [0.717, 1.165) is 5.69 Å². The van der Waals surface area contributed by atoms with Crippen LogP contribution in [-0.2, 0) is 0 Å². The Morgan fingerprint density at radius 1 is 0.875 bits per heavy atom. The zero-order valence-corrected chi connectivity index (χ0v) is 9.64. The minimum absolute atomic E-state index is 0.329. The maximum Gasteiger partial charge on any atom is 0.115 e. The van der Waals surface area contributed by atoms with Crippen molar-refractivity contribution >= 4 is 5.69 Å². The smallest absolute Gasteiger partial charge is 0.115 e. The lowest BCUT2D eigenvalue weighted by molar-refractivity contribution is 0.475. The van der Waals surface area contributed by atoms with Gasteiger partial charge in [0.05, 0.1) is 0 Å². The van der Waals surface area contributed by atoms with Crippen LogP contribution < -0.4 is 5.32 Å². The highest BCUT2D eigenvalue weighted by Gasteiger charge is 1.82. The van der Waals surface area contributed by atoms with Crippen LogP contribution in [0.15, 0.2) is 54.6 Å². The highest BCUT2D eigenvalue weighted by atomic mass is 16.3. The van der Waals surface area contributed by atoms with Gasteiger partial charge in [-0.2, -0.15) is 0 Å². The van der Waals surface area contributed by atoms with Crippen LogP contribution in [0, 0.1) is 6.92 Å². The second-order valence-corrected chi connectivity index (χ2v) is 3.45. The van der Waals surface area contributed by atoms with Crippen LogP contribution in [0.2, 0.25) is 0 Å². The zero-order valence-electron chi connectivity index (χ0n) is 9.64. The van der Waals surface area contributed by atoms with Gasteiger partial charge in [-0.1, -0.05) is 35.9 Å². The van der Waals surface area contributed by atoms with Crippen molar-refractivity contribution in [3.8, 4) is 5.75 Å². The van der Waals surface area contributed by atoms with Crippen molar-refractivity contribution in [2.24, 2.45) is 0 Å². The molecule has 2 rings (SSSR count). The van der Waals surface area contributed by atoms with E-state index >= 15 is 0 Å². The first kappa shape index (κ1) is 12.1. The molecule has 0 radical (unpaired) electrons. The number of hydrogen-bond donors (Lipinski definition) is 2. The third-order valence-electron chi connectivity index (χ3n) is 2.10. The van der Waals surface area contributed by atoms with Crippen LogP contribution in [0.25, 0.3) is 0 Å². The number of phenolic OH excluding ortho intramolecular Hbond substituents is 1. The normalized spacial score (nSPS) is 8.88. The van der Waals surface area contributed by atoms with E-state index in [2.05, 4.69) is 5.32 Å².